The maximum absolute atomic E-state index is 13.0. The topological polar surface area (TPSA) is 117 Å². The zero-order chi connectivity index (χ0) is 20.0. The highest BCUT2D eigenvalue weighted by molar-refractivity contribution is 6.02. The lowest BCUT2D eigenvalue weighted by molar-refractivity contribution is -0.120. The van der Waals surface area contributed by atoms with Crippen molar-refractivity contribution in [1.29, 1.82) is 0 Å². The molecule has 3 atom stereocenters. The van der Waals surface area contributed by atoms with E-state index < -0.39 is 11.9 Å². The number of fused-ring (bicyclic) bond motifs is 3. The highest BCUT2D eigenvalue weighted by Gasteiger charge is 2.53. The third kappa shape index (κ3) is 3.22. The molecule has 0 bridgehead atoms. The molecule has 1 fully saturated rings. The minimum Gasteiger partial charge on any atom is -0.337 e. The first-order valence-corrected chi connectivity index (χ1v) is 9.78. The van der Waals surface area contributed by atoms with Gasteiger partial charge >= 0.3 is 0 Å². The van der Waals surface area contributed by atoms with Gasteiger partial charge in [0.05, 0.1) is 5.69 Å². The molecule has 0 radical (unpaired) electrons. The monoisotopic (exact) mass is 391 g/mol. The van der Waals surface area contributed by atoms with E-state index in [0.717, 1.165) is 30.5 Å². The smallest absolute Gasteiger partial charge is 0.289 e. The largest absolute Gasteiger partial charge is 0.337 e. The normalized spacial score (nSPS) is 25.0. The zero-order valence-electron chi connectivity index (χ0n) is 16.0. The number of aromatic nitrogens is 5. The van der Waals surface area contributed by atoms with E-state index in [4.69, 9.17) is 0 Å². The van der Waals surface area contributed by atoms with E-state index in [0.29, 0.717) is 18.1 Å². The molecule has 0 saturated heterocycles. The van der Waals surface area contributed by atoms with Gasteiger partial charge < -0.3 is 10.3 Å². The number of aromatic amines is 1. The summed E-state index contributed by atoms with van der Waals surface area (Å²) in [6, 6.07) is -0.633. The number of amides is 2. The number of carbonyl (C=O) groups excluding carboxylic acids is 2. The number of likely N-dealkylation sites (N-methyl/N-ethyl adjacent to an activating group) is 1. The van der Waals surface area contributed by atoms with Crippen LogP contribution in [0.15, 0.2) is 36.2 Å². The van der Waals surface area contributed by atoms with Crippen molar-refractivity contribution in [3.63, 3.8) is 0 Å². The van der Waals surface area contributed by atoms with Gasteiger partial charge in [0, 0.05) is 31.8 Å². The van der Waals surface area contributed by atoms with Crippen LogP contribution in [0.4, 0.5) is 5.82 Å². The predicted molar refractivity (Wildman–Crippen MR) is 104 cm³/mol. The summed E-state index contributed by atoms with van der Waals surface area (Å²) < 4.78 is 0. The highest BCUT2D eigenvalue weighted by Crippen LogP contribution is 2.53. The fraction of sp³-hybridized carbons (Fsp3) is 0.400. The molecule has 2 amide bonds. The number of carbonyl (C=O) groups is 2. The van der Waals surface area contributed by atoms with E-state index in [1.165, 1.54) is 4.90 Å². The molecule has 2 aromatic rings. The molecule has 0 spiro atoms. The lowest BCUT2D eigenvalue weighted by Gasteiger charge is -2.22. The van der Waals surface area contributed by atoms with Crippen LogP contribution in [0, 0.1) is 5.92 Å². The number of hydrogen-bond donors (Lipinski definition) is 2. The number of hydrogen-bond acceptors (Lipinski definition) is 6. The first kappa shape index (κ1) is 17.7. The van der Waals surface area contributed by atoms with Gasteiger partial charge in [-0.1, -0.05) is 18.2 Å². The molecule has 9 heteroatoms. The van der Waals surface area contributed by atoms with Crippen LogP contribution in [0.2, 0.25) is 0 Å². The lowest BCUT2D eigenvalue weighted by atomic mass is 10.0. The van der Waals surface area contributed by atoms with Crippen molar-refractivity contribution in [2.24, 2.45) is 5.92 Å². The minimum absolute atomic E-state index is 0.0202. The number of allylic oxidation sites excluding steroid dienone is 4. The number of nitrogens with zero attached hydrogens (tertiary/aromatic N) is 5. The quantitative estimate of drug-likeness (QED) is 0.811. The number of rotatable bonds is 4. The van der Waals surface area contributed by atoms with Crippen LogP contribution in [0.1, 0.15) is 47.3 Å². The van der Waals surface area contributed by atoms with Gasteiger partial charge in [0.25, 0.3) is 11.8 Å². The van der Waals surface area contributed by atoms with E-state index in [2.05, 4.69) is 48.7 Å². The standard InChI is InChI=1S/C20H21N7O2/c1-27-18-15(21-7-8-22-18)12-10-13(12)16(20(27)29)24-19(28)17-23-14(25-26-17)9-11-5-3-2-4-6-11/h3,5-8,12-13,16H,2,4,9-10H2,1H3,(H,24,28)(H,23,25,26)/t12-,13+,16+/m0/s1. The van der Waals surface area contributed by atoms with Crippen molar-refractivity contribution in [2.45, 2.75) is 37.6 Å². The molecule has 2 N–H and O–H groups in total. The molecule has 9 nitrogen and oxygen atoms in total. The number of anilines is 1. The van der Waals surface area contributed by atoms with Crippen LogP contribution < -0.4 is 10.2 Å². The van der Waals surface area contributed by atoms with Gasteiger partial charge in [-0.2, -0.15) is 0 Å². The van der Waals surface area contributed by atoms with E-state index in [1.807, 2.05) is 0 Å². The lowest BCUT2D eigenvalue weighted by Crippen LogP contribution is -2.48. The first-order valence-electron chi connectivity index (χ1n) is 9.78. The van der Waals surface area contributed by atoms with Crippen molar-refractivity contribution in [3.05, 3.63) is 53.5 Å². The molecule has 29 heavy (non-hydrogen) atoms. The average Bonchev–Trinajstić information content (AvgIpc) is 3.41. The maximum atomic E-state index is 13.0. The number of H-pyrrole nitrogens is 1. The van der Waals surface area contributed by atoms with E-state index >= 15 is 0 Å². The fourth-order valence-corrected chi connectivity index (χ4v) is 4.10. The Morgan fingerprint density at radius 1 is 1.28 bits per heavy atom. The number of nitrogens with one attached hydrogen (secondary N) is 2. The summed E-state index contributed by atoms with van der Waals surface area (Å²) in [5.74, 6) is 0.842. The van der Waals surface area contributed by atoms with Gasteiger partial charge in [0.2, 0.25) is 5.82 Å². The molecule has 0 aromatic carbocycles. The summed E-state index contributed by atoms with van der Waals surface area (Å²) in [5.41, 5.74) is 1.97. The van der Waals surface area contributed by atoms with Gasteiger partial charge in [0.15, 0.2) is 5.82 Å². The Hall–Kier alpha value is -3.36. The van der Waals surface area contributed by atoms with E-state index in [1.54, 1.807) is 19.4 Å². The van der Waals surface area contributed by atoms with Crippen LogP contribution in [0.3, 0.4) is 0 Å². The Labute approximate surface area is 167 Å². The second kappa shape index (κ2) is 6.91. The summed E-state index contributed by atoms with van der Waals surface area (Å²) in [4.78, 5) is 38.9. The Bertz CT molecular complexity index is 1040. The van der Waals surface area contributed by atoms with Crippen LogP contribution >= 0.6 is 0 Å². The van der Waals surface area contributed by atoms with Crippen molar-refractivity contribution < 1.29 is 9.59 Å². The van der Waals surface area contributed by atoms with Gasteiger partial charge in [-0.15, -0.1) is 10.2 Å². The fourth-order valence-electron chi connectivity index (χ4n) is 4.10. The molecule has 2 aliphatic carbocycles. The van der Waals surface area contributed by atoms with Gasteiger partial charge in [-0.05, 0) is 30.8 Å². The molecule has 5 rings (SSSR count). The van der Waals surface area contributed by atoms with Crippen molar-refractivity contribution in [2.75, 3.05) is 11.9 Å². The Morgan fingerprint density at radius 2 is 2.14 bits per heavy atom. The molecule has 1 saturated carbocycles. The SMILES string of the molecule is CN1C(=O)[C@H](NC(=O)c2nnc(CC3=CCCC=C3)[nH]2)[C@@H]2C[C@@H]2c2nccnc21. The molecule has 0 unspecified atom stereocenters. The summed E-state index contributed by atoms with van der Waals surface area (Å²) >= 11 is 0. The summed E-state index contributed by atoms with van der Waals surface area (Å²) in [6.45, 7) is 0. The third-order valence-electron chi connectivity index (χ3n) is 5.72. The Balaban J connectivity index is 1.31. The van der Waals surface area contributed by atoms with Crippen molar-refractivity contribution in [3.8, 4) is 0 Å². The molecular weight excluding hydrogens is 370 g/mol. The third-order valence-corrected chi connectivity index (χ3v) is 5.72. The van der Waals surface area contributed by atoms with Crippen LogP contribution in [-0.4, -0.2) is 50.1 Å². The second-order valence-corrected chi connectivity index (χ2v) is 7.68. The molecule has 3 aliphatic rings. The molecule has 1 aliphatic heterocycles. The minimum atomic E-state index is -0.633. The predicted octanol–water partition coefficient (Wildman–Crippen LogP) is 1.29. The summed E-state index contributed by atoms with van der Waals surface area (Å²) in [5, 5.41) is 10.9. The molecule has 2 aromatic heterocycles. The van der Waals surface area contributed by atoms with Crippen LogP contribution in [0.5, 0.6) is 0 Å². The second-order valence-electron chi connectivity index (χ2n) is 7.68. The van der Waals surface area contributed by atoms with Gasteiger partial charge in [-0.25, -0.2) is 4.98 Å². The highest BCUT2D eigenvalue weighted by atomic mass is 16.2. The summed E-state index contributed by atoms with van der Waals surface area (Å²) in [6.07, 6.45) is 13.0. The first-order chi connectivity index (χ1) is 14.1. The van der Waals surface area contributed by atoms with E-state index in [9.17, 15) is 9.59 Å². The Morgan fingerprint density at radius 3 is 2.97 bits per heavy atom. The van der Waals surface area contributed by atoms with Crippen LogP contribution in [0.25, 0.3) is 0 Å². The average molecular weight is 391 g/mol. The van der Waals surface area contributed by atoms with Gasteiger partial charge in [0.1, 0.15) is 11.9 Å². The van der Waals surface area contributed by atoms with Crippen molar-refractivity contribution >= 4 is 17.6 Å². The molecule has 148 valence electrons. The van der Waals surface area contributed by atoms with Crippen LogP contribution in [-0.2, 0) is 11.2 Å². The summed E-state index contributed by atoms with van der Waals surface area (Å²) in [7, 11) is 1.66. The van der Waals surface area contributed by atoms with E-state index in [-0.39, 0.29) is 23.6 Å². The molecular formula is C20H21N7O2. The van der Waals surface area contributed by atoms with Gasteiger partial charge in [-0.3, -0.25) is 19.5 Å². The molecule has 3 heterocycles. The zero-order valence-corrected chi connectivity index (χ0v) is 16.0. The maximum Gasteiger partial charge on any atom is 0.289 e. The van der Waals surface area contributed by atoms with Crippen molar-refractivity contribution in [1.82, 2.24) is 30.5 Å². The Kier molecular flexibility index (Phi) is 4.22.